The standard InChI is InChI=1S/C11H10OS/c1-12-10-6-2-5-9-8(10)4-3-7-11(9)13/h2-7,13H,1H3. The van der Waals surface area contributed by atoms with E-state index in [1.165, 1.54) is 0 Å². The summed E-state index contributed by atoms with van der Waals surface area (Å²) in [5.41, 5.74) is 0. The quantitative estimate of drug-likeness (QED) is 0.680. The van der Waals surface area contributed by atoms with Gasteiger partial charge >= 0.3 is 0 Å². The number of methoxy groups -OCH3 is 1. The molecule has 0 spiro atoms. The summed E-state index contributed by atoms with van der Waals surface area (Å²) in [5, 5.41) is 2.24. The van der Waals surface area contributed by atoms with Crippen LogP contribution in [-0.2, 0) is 0 Å². The second-order valence-electron chi connectivity index (χ2n) is 2.83. The van der Waals surface area contributed by atoms with Crippen LogP contribution in [0, 0.1) is 0 Å². The predicted octanol–water partition coefficient (Wildman–Crippen LogP) is 3.14. The van der Waals surface area contributed by atoms with Crippen LogP contribution in [0.5, 0.6) is 5.75 Å². The number of fused-ring (bicyclic) bond motifs is 1. The Kier molecular flexibility index (Phi) is 2.15. The summed E-state index contributed by atoms with van der Waals surface area (Å²) < 4.78 is 5.25. The van der Waals surface area contributed by atoms with Gasteiger partial charge in [-0.1, -0.05) is 24.3 Å². The zero-order valence-corrected chi connectivity index (χ0v) is 8.21. The molecular weight excluding hydrogens is 180 g/mol. The first-order chi connectivity index (χ1) is 6.33. The van der Waals surface area contributed by atoms with Gasteiger partial charge in [-0.2, -0.15) is 0 Å². The van der Waals surface area contributed by atoms with Crippen LogP contribution >= 0.6 is 12.6 Å². The third kappa shape index (κ3) is 1.38. The fraction of sp³-hybridized carbons (Fsp3) is 0.0909. The summed E-state index contributed by atoms with van der Waals surface area (Å²) in [7, 11) is 1.68. The molecule has 0 heterocycles. The Bertz CT molecular complexity index is 437. The Morgan fingerprint density at radius 2 is 1.69 bits per heavy atom. The molecule has 0 bridgehead atoms. The first-order valence-corrected chi connectivity index (χ1v) is 4.52. The van der Waals surface area contributed by atoms with Gasteiger partial charge in [0.1, 0.15) is 5.75 Å². The Labute approximate surface area is 82.7 Å². The van der Waals surface area contributed by atoms with E-state index in [2.05, 4.69) is 12.6 Å². The van der Waals surface area contributed by atoms with Gasteiger partial charge in [0.2, 0.25) is 0 Å². The maximum atomic E-state index is 5.25. The molecule has 0 fully saturated rings. The highest BCUT2D eigenvalue weighted by atomic mass is 32.1. The van der Waals surface area contributed by atoms with Gasteiger partial charge in [0.25, 0.3) is 0 Å². The lowest BCUT2D eigenvalue weighted by Gasteiger charge is -2.05. The molecule has 2 aromatic rings. The monoisotopic (exact) mass is 190 g/mol. The molecule has 2 heteroatoms. The lowest BCUT2D eigenvalue weighted by atomic mass is 10.1. The normalized spacial score (nSPS) is 10.3. The first kappa shape index (κ1) is 8.45. The number of rotatable bonds is 1. The van der Waals surface area contributed by atoms with Crippen molar-refractivity contribution in [3.05, 3.63) is 36.4 Å². The number of ether oxygens (including phenoxy) is 1. The summed E-state index contributed by atoms with van der Waals surface area (Å²) in [6.07, 6.45) is 0. The lowest BCUT2D eigenvalue weighted by molar-refractivity contribution is 0.420. The molecular formula is C11H10OS. The molecule has 0 radical (unpaired) electrons. The molecule has 0 amide bonds. The largest absolute Gasteiger partial charge is 0.496 e. The maximum absolute atomic E-state index is 5.25. The van der Waals surface area contributed by atoms with Crippen LogP contribution in [0.2, 0.25) is 0 Å². The highest BCUT2D eigenvalue weighted by molar-refractivity contribution is 7.80. The predicted molar refractivity (Wildman–Crippen MR) is 57.8 cm³/mol. The van der Waals surface area contributed by atoms with Crippen LogP contribution < -0.4 is 4.74 Å². The minimum absolute atomic E-state index is 0.897. The molecule has 0 N–H and O–H groups in total. The van der Waals surface area contributed by atoms with Gasteiger partial charge in [-0.3, -0.25) is 0 Å². The first-order valence-electron chi connectivity index (χ1n) is 4.07. The molecule has 2 rings (SSSR count). The van der Waals surface area contributed by atoms with Crippen molar-refractivity contribution in [2.75, 3.05) is 7.11 Å². The van der Waals surface area contributed by atoms with E-state index in [0.29, 0.717) is 0 Å². The van der Waals surface area contributed by atoms with E-state index in [4.69, 9.17) is 4.74 Å². The minimum Gasteiger partial charge on any atom is -0.496 e. The van der Waals surface area contributed by atoms with Crippen LogP contribution in [0.4, 0.5) is 0 Å². The number of hydrogen-bond acceptors (Lipinski definition) is 2. The van der Waals surface area contributed by atoms with Gasteiger partial charge in [-0.15, -0.1) is 12.6 Å². The molecule has 0 aromatic heterocycles. The lowest BCUT2D eigenvalue weighted by Crippen LogP contribution is -1.84. The summed E-state index contributed by atoms with van der Waals surface area (Å²) in [6, 6.07) is 12.0. The molecule has 0 atom stereocenters. The summed E-state index contributed by atoms with van der Waals surface area (Å²) in [5.74, 6) is 0.897. The van der Waals surface area contributed by atoms with Crippen molar-refractivity contribution >= 4 is 23.4 Å². The van der Waals surface area contributed by atoms with Gasteiger partial charge in [0.15, 0.2) is 0 Å². The van der Waals surface area contributed by atoms with Crippen molar-refractivity contribution in [3.63, 3.8) is 0 Å². The molecule has 0 unspecified atom stereocenters. The van der Waals surface area contributed by atoms with Crippen LogP contribution in [0.15, 0.2) is 41.3 Å². The van der Waals surface area contributed by atoms with Gasteiger partial charge in [0, 0.05) is 10.3 Å². The molecule has 0 aliphatic rings. The van der Waals surface area contributed by atoms with E-state index in [0.717, 1.165) is 21.4 Å². The van der Waals surface area contributed by atoms with E-state index >= 15 is 0 Å². The van der Waals surface area contributed by atoms with Gasteiger partial charge in [-0.25, -0.2) is 0 Å². The summed E-state index contributed by atoms with van der Waals surface area (Å²) >= 11 is 4.38. The van der Waals surface area contributed by atoms with E-state index < -0.39 is 0 Å². The molecule has 0 saturated heterocycles. The topological polar surface area (TPSA) is 9.23 Å². The minimum atomic E-state index is 0.897. The van der Waals surface area contributed by atoms with Crippen molar-refractivity contribution in [2.45, 2.75) is 4.90 Å². The Hall–Kier alpha value is -1.15. The number of thiol groups is 1. The van der Waals surface area contributed by atoms with E-state index in [1.807, 2.05) is 36.4 Å². The molecule has 66 valence electrons. The third-order valence-corrected chi connectivity index (χ3v) is 2.47. The van der Waals surface area contributed by atoms with E-state index in [1.54, 1.807) is 7.11 Å². The van der Waals surface area contributed by atoms with Gasteiger partial charge < -0.3 is 4.74 Å². The zero-order chi connectivity index (χ0) is 9.26. The van der Waals surface area contributed by atoms with Crippen molar-refractivity contribution in [3.8, 4) is 5.75 Å². The Morgan fingerprint density at radius 3 is 2.46 bits per heavy atom. The van der Waals surface area contributed by atoms with Crippen molar-refractivity contribution in [1.82, 2.24) is 0 Å². The maximum Gasteiger partial charge on any atom is 0.126 e. The molecule has 0 aliphatic heterocycles. The Morgan fingerprint density at radius 1 is 1.00 bits per heavy atom. The van der Waals surface area contributed by atoms with Crippen LogP contribution in [0.1, 0.15) is 0 Å². The third-order valence-electron chi connectivity index (χ3n) is 2.08. The average Bonchev–Trinajstić information content (AvgIpc) is 2.18. The SMILES string of the molecule is COc1cccc2c(S)cccc12. The van der Waals surface area contributed by atoms with Crippen LogP contribution in [0.25, 0.3) is 10.8 Å². The molecule has 1 nitrogen and oxygen atoms in total. The summed E-state index contributed by atoms with van der Waals surface area (Å²) in [6.45, 7) is 0. The van der Waals surface area contributed by atoms with Crippen LogP contribution in [0.3, 0.4) is 0 Å². The molecule has 0 aliphatic carbocycles. The second kappa shape index (κ2) is 3.30. The fourth-order valence-corrected chi connectivity index (χ4v) is 1.72. The second-order valence-corrected chi connectivity index (χ2v) is 3.31. The number of hydrogen-bond donors (Lipinski definition) is 1. The highest BCUT2D eigenvalue weighted by Gasteiger charge is 2.01. The van der Waals surface area contributed by atoms with Crippen molar-refractivity contribution < 1.29 is 4.74 Å². The Balaban J connectivity index is 2.84. The fourth-order valence-electron chi connectivity index (χ4n) is 1.44. The van der Waals surface area contributed by atoms with Gasteiger partial charge in [0.05, 0.1) is 7.11 Å². The molecule has 13 heavy (non-hydrogen) atoms. The zero-order valence-electron chi connectivity index (χ0n) is 7.32. The number of benzene rings is 2. The van der Waals surface area contributed by atoms with E-state index in [9.17, 15) is 0 Å². The smallest absolute Gasteiger partial charge is 0.126 e. The molecule has 2 aromatic carbocycles. The highest BCUT2D eigenvalue weighted by Crippen LogP contribution is 2.28. The molecule has 0 saturated carbocycles. The average molecular weight is 190 g/mol. The van der Waals surface area contributed by atoms with E-state index in [-0.39, 0.29) is 0 Å². The van der Waals surface area contributed by atoms with Crippen LogP contribution in [-0.4, -0.2) is 7.11 Å². The van der Waals surface area contributed by atoms with Crippen molar-refractivity contribution in [2.24, 2.45) is 0 Å². The van der Waals surface area contributed by atoms with Crippen molar-refractivity contribution in [1.29, 1.82) is 0 Å². The van der Waals surface area contributed by atoms with Gasteiger partial charge in [-0.05, 0) is 17.5 Å². The summed E-state index contributed by atoms with van der Waals surface area (Å²) in [4.78, 5) is 0.983.